The highest BCUT2D eigenvalue weighted by atomic mass is 16.4. The molecule has 1 atom stereocenters. The summed E-state index contributed by atoms with van der Waals surface area (Å²) in [6.45, 7) is 4.11. The molecular formula is C13H16N2O4. The zero-order valence-corrected chi connectivity index (χ0v) is 10.7. The SMILES string of the molecule is CC1(C)CC1NC(=O)Nc1ccc(O)c(C(=O)O)c1. The van der Waals surface area contributed by atoms with E-state index < -0.39 is 5.97 Å². The standard InChI is InChI=1S/C13H16N2O4/c1-13(2)6-10(13)15-12(19)14-7-3-4-9(16)8(5-7)11(17)18/h3-5,10,16H,6H2,1-2H3,(H,17,18)(H2,14,15,19). The van der Waals surface area contributed by atoms with E-state index >= 15 is 0 Å². The fourth-order valence-electron chi connectivity index (χ4n) is 1.82. The van der Waals surface area contributed by atoms with Crippen molar-refractivity contribution < 1.29 is 19.8 Å². The number of carboxylic acid groups (broad SMARTS) is 1. The summed E-state index contributed by atoms with van der Waals surface area (Å²) in [4.78, 5) is 22.5. The predicted molar refractivity (Wildman–Crippen MR) is 69.4 cm³/mol. The minimum Gasteiger partial charge on any atom is -0.507 e. The number of urea groups is 1. The van der Waals surface area contributed by atoms with Crippen LogP contribution in [-0.2, 0) is 0 Å². The maximum atomic E-state index is 11.7. The van der Waals surface area contributed by atoms with Crippen molar-refractivity contribution in [2.24, 2.45) is 5.41 Å². The lowest BCUT2D eigenvalue weighted by Crippen LogP contribution is -2.32. The molecule has 1 saturated carbocycles. The Kier molecular flexibility index (Phi) is 3.09. The summed E-state index contributed by atoms with van der Waals surface area (Å²) >= 11 is 0. The fraction of sp³-hybridized carbons (Fsp3) is 0.385. The van der Waals surface area contributed by atoms with Gasteiger partial charge in [0.1, 0.15) is 11.3 Å². The molecule has 0 radical (unpaired) electrons. The van der Waals surface area contributed by atoms with Crippen LogP contribution in [0.15, 0.2) is 18.2 Å². The van der Waals surface area contributed by atoms with Gasteiger partial charge in [0.25, 0.3) is 0 Å². The average molecular weight is 264 g/mol. The number of amides is 2. The molecule has 1 aliphatic carbocycles. The zero-order valence-electron chi connectivity index (χ0n) is 10.7. The Labute approximate surface area is 110 Å². The molecule has 0 saturated heterocycles. The lowest BCUT2D eigenvalue weighted by molar-refractivity contribution is 0.0693. The highest BCUT2D eigenvalue weighted by molar-refractivity contribution is 5.95. The summed E-state index contributed by atoms with van der Waals surface area (Å²) in [6.07, 6.45) is 0.927. The Morgan fingerprint density at radius 2 is 2.00 bits per heavy atom. The second-order valence-electron chi connectivity index (χ2n) is 5.38. The number of aromatic hydroxyl groups is 1. The Morgan fingerprint density at radius 3 is 2.53 bits per heavy atom. The van der Waals surface area contributed by atoms with Gasteiger partial charge in [-0.25, -0.2) is 9.59 Å². The molecule has 0 bridgehead atoms. The third-order valence-electron chi connectivity index (χ3n) is 3.30. The molecule has 0 aromatic heterocycles. The van der Waals surface area contributed by atoms with Crippen LogP contribution in [0, 0.1) is 5.41 Å². The summed E-state index contributed by atoms with van der Waals surface area (Å²) in [5.74, 6) is -1.58. The molecule has 102 valence electrons. The number of hydrogen-bond donors (Lipinski definition) is 4. The van der Waals surface area contributed by atoms with E-state index in [1.807, 2.05) is 0 Å². The van der Waals surface area contributed by atoms with Gasteiger partial charge in [-0.1, -0.05) is 13.8 Å². The average Bonchev–Trinajstić information content (AvgIpc) is 2.88. The van der Waals surface area contributed by atoms with Crippen molar-refractivity contribution in [3.63, 3.8) is 0 Å². The van der Waals surface area contributed by atoms with Crippen LogP contribution in [0.4, 0.5) is 10.5 Å². The normalized spacial score (nSPS) is 19.6. The molecule has 6 nitrogen and oxygen atoms in total. The molecule has 0 heterocycles. The number of aromatic carboxylic acids is 1. The monoisotopic (exact) mass is 264 g/mol. The van der Waals surface area contributed by atoms with E-state index in [0.717, 1.165) is 6.42 Å². The van der Waals surface area contributed by atoms with Gasteiger partial charge in [0.15, 0.2) is 0 Å². The van der Waals surface area contributed by atoms with Crippen LogP contribution < -0.4 is 10.6 Å². The van der Waals surface area contributed by atoms with Crippen LogP contribution in [0.5, 0.6) is 5.75 Å². The second kappa shape index (κ2) is 4.46. The first kappa shape index (κ1) is 13.2. The zero-order chi connectivity index (χ0) is 14.2. The Morgan fingerprint density at radius 1 is 1.37 bits per heavy atom. The molecule has 4 N–H and O–H groups in total. The summed E-state index contributed by atoms with van der Waals surface area (Å²) in [7, 11) is 0. The van der Waals surface area contributed by atoms with Crippen molar-refractivity contribution in [1.29, 1.82) is 0 Å². The molecule has 1 aromatic rings. The summed E-state index contributed by atoms with van der Waals surface area (Å²) in [6, 6.07) is 3.66. The van der Waals surface area contributed by atoms with E-state index in [1.54, 1.807) is 0 Å². The van der Waals surface area contributed by atoms with E-state index in [4.69, 9.17) is 5.11 Å². The lowest BCUT2D eigenvalue weighted by Gasteiger charge is -2.10. The van der Waals surface area contributed by atoms with Crippen molar-refractivity contribution in [1.82, 2.24) is 5.32 Å². The molecule has 0 aliphatic heterocycles. The van der Waals surface area contributed by atoms with Crippen LogP contribution in [0.3, 0.4) is 0 Å². The van der Waals surface area contributed by atoms with Crippen molar-refractivity contribution in [2.75, 3.05) is 5.32 Å². The maximum absolute atomic E-state index is 11.7. The largest absolute Gasteiger partial charge is 0.507 e. The van der Waals surface area contributed by atoms with Gasteiger partial charge in [-0.2, -0.15) is 0 Å². The topological polar surface area (TPSA) is 98.7 Å². The first-order chi connectivity index (χ1) is 8.79. The van der Waals surface area contributed by atoms with E-state index in [2.05, 4.69) is 24.5 Å². The summed E-state index contributed by atoms with van der Waals surface area (Å²) < 4.78 is 0. The molecule has 0 spiro atoms. The predicted octanol–water partition coefficient (Wildman–Crippen LogP) is 2.01. The number of carbonyl (C=O) groups is 2. The second-order valence-corrected chi connectivity index (χ2v) is 5.38. The minimum atomic E-state index is -1.25. The molecule has 2 rings (SSSR count). The maximum Gasteiger partial charge on any atom is 0.339 e. The van der Waals surface area contributed by atoms with Crippen LogP contribution in [0.1, 0.15) is 30.6 Å². The van der Waals surface area contributed by atoms with Gasteiger partial charge in [0.2, 0.25) is 0 Å². The first-order valence-electron chi connectivity index (χ1n) is 5.93. The Balaban J connectivity index is 2.01. The number of nitrogens with one attached hydrogen (secondary N) is 2. The number of hydrogen-bond acceptors (Lipinski definition) is 3. The summed E-state index contributed by atoms with van der Waals surface area (Å²) in [5, 5.41) is 23.6. The van der Waals surface area contributed by atoms with Crippen LogP contribution in [0.2, 0.25) is 0 Å². The Bertz CT molecular complexity index is 539. The minimum absolute atomic E-state index is 0.124. The molecular weight excluding hydrogens is 248 g/mol. The van der Waals surface area contributed by atoms with Gasteiger partial charge in [-0.05, 0) is 30.0 Å². The van der Waals surface area contributed by atoms with Crippen molar-refractivity contribution >= 4 is 17.7 Å². The van der Waals surface area contributed by atoms with Gasteiger partial charge in [-0.3, -0.25) is 0 Å². The van der Waals surface area contributed by atoms with E-state index in [-0.39, 0.29) is 28.8 Å². The number of anilines is 1. The Hall–Kier alpha value is -2.24. The van der Waals surface area contributed by atoms with Gasteiger partial charge >= 0.3 is 12.0 Å². The third kappa shape index (κ3) is 2.96. The highest BCUT2D eigenvalue weighted by Crippen LogP contribution is 2.44. The highest BCUT2D eigenvalue weighted by Gasteiger charge is 2.46. The lowest BCUT2D eigenvalue weighted by atomic mass is 10.2. The van der Waals surface area contributed by atoms with E-state index in [9.17, 15) is 14.7 Å². The smallest absolute Gasteiger partial charge is 0.339 e. The van der Waals surface area contributed by atoms with Crippen LogP contribution >= 0.6 is 0 Å². The number of carboxylic acids is 1. The fourth-order valence-corrected chi connectivity index (χ4v) is 1.82. The third-order valence-corrected chi connectivity index (χ3v) is 3.30. The molecule has 19 heavy (non-hydrogen) atoms. The number of carbonyl (C=O) groups excluding carboxylic acids is 1. The number of benzene rings is 1. The molecule has 1 fully saturated rings. The van der Waals surface area contributed by atoms with Crippen molar-refractivity contribution in [2.45, 2.75) is 26.3 Å². The number of phenols is 1. The van der Waals surface area contributed by atoms with Crippen molar-refractivity contribution in [3.05, 3.63) is 23.8 Å². The molecule has 1 unspecified atom stereocenters. The van der Waals surface area contributed by atoms with Crippen LogP contribution in [0.25, 0.3) is 0 Å². The quantitative estimate of drug-likeness (QED) is 0.627. The summed E-state index contributed by atoms with van der Waals surface area (Å²) in [5.41, 5.74) is 0.203. The number of rotatable bonds is 3. The molecule has 2 amide bonds. The first-order valence-corrected chi connectivity index (χ1v) is 5.93. The van der Waals surface area contributed by atoms with Gasteiger partial charge in [-0.15, -0.1) is 0 Å². The van der Waals surface area contributed by atoms with Gasteiger partial charge in [0, 0.05) is 11.7 Å². The van der Waals surface area contributed by atoms with Gasteiger partial charge in [0.05, 0.1) is 0 Å². The molecule has 6 heteroatoms. The van der Waals surface area contributed by atoms with Crippen molar-refractivity contribution in [3.8, 4) is 5.75 Å². The molecule has 1 aromatic carbocycles. The van der Waals surface area contributed by atoms with E-state index in [1.165, 1.54) is 18.2 Å². The van der Waals surface area contributed by atoms with Gasteiger partial charge < -0.3 is 20.8 Å². The van der Waals surface area contributed by atoms with Crippen LogP contribution in [-0.4, -0.2) is 28.3 Å². The van der Waals surface area contributed by atoms with E-state index in [0.29, 0.717) is 5.69 Å². The molecule has 1 aliphatic rings.